The number of aliphatic hydroxyl groups excluding tert-OH is 1. The summed E-state index contributed by atoms with van der Waals surface area (Å²) in [5.41, 5.74) is 0.560. The minimum absolute atomic E-state index is 0.321. The van der Waals surface area contributed by atoms with Crippen molar-refractivity contribution in [3.63, 3.8) is 0 Å². The third kappa shape index (κ3) is 2.94. The van der Waals surface area contributed by atoms with Crippen LogP contribution in [-0.2, 0) is 0 Å². The van der Waals surface area contributed by atoms with Crippen molar-refractivity contribution in [2.24, 2.45) is 11.3 Å². The molecule has 0 aromatic rings. The zero-order valence-electron chi connectivity index (χ0n) is 10.8. The molecule has 1 aliphatic heterocycles. The highest BCUT2D eigenvalue weighted by molar-refractivity contribution is 4.95. The summed E-state index contributed by atoms with van der Waals surface area (Å²) in [5, 5.41) is 9.38. The third-order valence-corrected chi connectivity index (χ3v) is 4.05. The molecule has 1 rings (SSSR count). The van der Waals surface area contributed by atoms with Crippen LogP contribution >= 0.6 is 0 Å². The van der Waals surface area contributed by atoms with Gasteiger partial charge >= 0.3 is 0 Å². The normalized spacial score (nSPS) is 22.8. The minimum Gasteiger partial charge on any atom is -0.395 e. The Morgan fingerprint density at radius 1 is 1.20 bits per heavy atom. The Hall–Kier alpha value is -0.0800. The van der Waals surface area contributed by atoms with E-state index in [1.54, 1.807) is 0 Å². The molecule has 1 heterocycles. The van der Waals surface area contributed by atoms with Crippen molar-refractivity contribution >= 4 is 0 Å². The van der Waals surface area contributed by atoms with Gasteiger partial charge in [-0.2, -0.15) is 0 Å². The molecule has 0 aromatic carbocycles. The smallest absolute Gasteiger partial charge is 0.0586 e. The number of likely N-dealkylation sites (tertiary alicyclic amines) is 1. The van der Waals surface area contributed by atoms with Gasteiger partial charge in [-0.05, 0) is 30.6 Å². The fourth-order valence-electron chi connectivity index (χ4n) is 2.65. The topological polar surface area (TPSA) is 23.5 Å². The maximum atomic E-state index is 9.38. The Bertz CT molecular complexity index is 179. The molecule has 0 bridgehead atoms. The second-order valence-corrected chi connectivity index (χ2v) is 5.58. The summed E-state index contributed by atoms with van der Waals surface area (Å²) < 4.78 is 0. The third-order valence-electron chi connectivity index (χ3n) is 4.05. The zero-order chi connectivity index (χ0) is 11.5. The van der Waals surface area contributed by atoms with Crippen LogP contribution in [0.2, 0.25) is 0 Å². The highest BCUT2D eigenvalue weighted by Crippen LogP contribution is 2.38. The van der Waals surface area contributed by atoms with E-state index >= 15 is 0 Å². The van der Waals surface area contributed by atoms with Gasteiger partial charge in [-0.15, -0.1) is 0 Å². The Kier molecular flexibility index (Phi) is 4.60. The largest absolute Gasteiger partial charge is 0.395 e. The van der Waals surface area contributed by atoms with E-state index in [0.29, 0.717) is 24.0 Å². The molecule has 1 N–H and O–H groups in total. The summed E-state index contributed by atoms with van der Waals surface area (Å²) in [5.74, 6) is 0.681. The van der Waals surface area contributed by atoms with Crippen LogP contribution in [0.4, 0.5) is 0 Å². The van der Waals surface area contributed by atoms with Gasteiger partial charge in [-0.1, -0.05) is 27.7 Å². The van der Waals surface area contributed by atoms with Crippen LogP contribution in [-0.4, -0.2) is 35.7 Å². The van der Waals surface area contributed by atoms with E-state index in [4.69, 9.17) is 0 Å². The van der Waals surface area contributed by atoms with Crippen molar-refractivity contribution in [3.05, 3.63) is 0 Å². The lowest BCUT2D eigenvalue weighted by atomic mass is 9.74. The van der Waals surface area contributed by atoms with Crippen LogP contribution in [0.5, 0.6) is 0 Å². The van der Waals surface area contributed by atoms with Gasteiger partial charge in [0.05, 0.1) is 6.61 Å². The van der Waals surface area contributed by atoms with Crippen LogP contribution in [0.3, 0.4) is 0 Å². The maximum absolute atomic E-state index is 9.38. The number of hydrogen-bond donors (Lipinski definition) is 1. The summed E-state index contributed by atoms with van der Waals surface area (Å²) >= 11 is 0. The van der Waals surface area contributed by atoms with E-state index in [1.165, 1.54) is 25.9 Å². The number of hydrogen-bond acceptors (Lipinski definition) is 2. The van der Waals surface area contributed by atoms with E-state index < -0.39 is 0 Å². The molecule has 0 amide bonds. The predicted molar refractivity (Wildman–Crippen MR) is 64.9 cm³/mol. The Balaban J connectivity index is 2.41. The molecule has 90 valence electrons. The van der Waals surface area contributed by atoms with Crippen molar-refractivity contribution < 1.29 is 5.11 Å². The molecule has 0 radical (unpaired) electrons. The van der Waals surface area contributed by atoms with Gasteiger partial charge < -0.3 is 5.11 Å². The van der Waals surface area contributed by atoms with Crippen LogP contribution in [0.15, 0.2) is 0 Å². The summed E-state index contributed by atoms with van der Waals surface area (Å²) in [7, 11) is 0. The first-order valence-corrected chi connectivity index (χ1v) is 6.41. The fourth-order valence-corrected chi connectivity index (χ4v) is 2.65. The Morgan fingerprint density at radius 2 is 1.73 bits per heavy atom. The minimum atomic E-state index is 0.321. The molecule has 0 aliphatic carbocycles. The van der Waals surface area contributed by atoms with Crippen LogP contribution in [0.1, 0.15) is 47.0 Å². The first kappa shape index (κ1) is 13.0. The summed E-state index contributed by atoms with van der Waals surface area (Å²) in [6.07, 6.45) is 3.68. The van der Waals surface area contributed by atoms with Gasteiger partial charge in [0.1, 0.15) is 0 Å². The number of aliphatic hydroxyl groups is 1. The van der Waals surface area contributed by atoms with Crippen LogP contribution < -0.4 is 0 Å². The van der Waals surface area contributed by atoms with Crippen LogP contribution in [0.25, 0.3) is 0 Å². The lowest BCUT2D eigenvalue weighted by Crippen LogP contribution is -2.60. The van der Waals surface area contributed by atoms with E-state index in [1.807, 2.05) is 0 Å². The van der Waals surface area contributed by atoms with Gasteiger partial charge in [0.15, 0.2) is 0 Å². The molecule has 15 heavy (non-hydrogen) atoms. The van der Waals surface area contributed by atoms with Gasteiger partial charge in [-0.25, -0.2) is 0 Å². The average molecular weight is 213 g/mol. The lowest BCUT2D eigenvalue weighted by Gasteiger charge is -2.53. The van der Waals surface area contributed by atoms with Crippen molar-refractivity contribution in [2.45, 2.75) is 53.0 Å². The molecule has 1 atom stereocenters. The monoisotopic (exact) mass is 213 g/mol. The molecule has 1 saturated heterocycles. The first-order valence-electron chi connectivity index (χ1n) is 6.41. The van der Waals surface area contributed by atoms with Crippen LogP contribution in [0, 0.1) is 11.3 Å². The van der Waals surface area contributed by atoms with Crippen molar-refractivity contribution in [1.82, 2.24) is 4.90 Å². The van der Waals surface area contributed by atoms with Gasteiger partial charge in [-0.3, -0.25) is 4.90 Å². The van der Waals surface area contributed by atoms with Crippen molar-refractivity contribution in [1.29, 1.82) is 0 Å². The molecule has 0 spiro atoms. The second-order valence-electron chi connectivity index (χ2n) is 5.58. The maximum Gasteiger partial charge on any atom is 0.0586 e. The van der Waals surface area contributed by atoms with E-state index in [-0.39, 0.29) is 0 Å². The highest BCUT2D eigenvalue weighted by Gasteiger charge is 2.42. The first-order chi connectivity index (χ1) is 7.06. The molecular weight excluding hydrogens is 186 g/mol. The average Bonchev–Trinajstić information content (AvgIpc) is 2.15. The fraction of sp³-hybridized carbons (Fsp3) is 1.00. The standard InChI is InChI=1S/C13H27NO/c1-5-13(6-2)9-14(10-13)12(8-15)7-11(3)4/h11-12,15H,5-10H2,1-4H3. The molecule has 2 heteroatoms. The number of rotatable bonds is 6. The van der Waals surface area contributed by atoms with Gasteiger partial charge in [0.2, 0.25) is 0 Å². The molecule has 0 aromatic heterocycles. The molecule has 0 saturated carbocycles. The van der Waals surface area contributed by atoms with Gasteiger partial charge in [0.25, 0.3) is 0 Å². The van der Waals surface area contributed by atoms with E-state index in [9.17, 15) is 5.11 Å². The van der Waals surface area contributed by atoms with E-state index in [2.05, 4.69) is 32.6 Å². The lowest BCUT2D eigenvalue weighted by molar-refractivity contribution is -0.0559. The summed E-state index contributed by atoms with van der Waals surface area (Å²) in [6, 6.07) is 0.399. The molecular formula is C13H27NO. The molecule has 1 aliphatic rings. The number of nitrogens with zero attached hydrogens (tertiary/aromatic N) is 1. The second kappa shape index (κ2) is 5.31. The SMILES string of the molecule is CCC1(CC)CN(C(CO)CC(C)C)C1. The zero-order valence-corrected chi connectivity index (χ0v) is 10.8. The molecule has 1 fully saturated rings. The highest BCUT2D eigenvalue weighted by atomic mass is 16.3. The predicted octanol–water partition coefficient (Wildman–Crippen LogP) is 2.52. The summed E-state index contributed by atoms with van der Waals surface area (Å²) in [6.45, 7) is 11.7. The Labute approximate surface area is 94.7 Å². The quantitative estimate of drug-likeness (QED) is 0.733. The van der Waals surface area contributed by atoms with Gasteiger partial charge in [0, 0.05) is 19.1 Å². The molecule has 2 nitrogen and oxygen atoms in total. The van der Waals surface area contributed by atoms with E-state index in [0.717, 1.165) is 6.42 Å². The van der Waals surface area contributed by atoms with Crippen molar-refractivity contribution in [2.75, 3.05) is 19.7 Å². The Morgan fingerprint density at radius 3 is 2.07 bits per heavy atom. The summed E-state index contributed by atoms with van der Waals surface area (Å²) in [4.78, 5) is 2.47. The van der Waals surface area contributed by atoms with Crippen molar-refractivity contribution in [3.8, 4) is 0 Å². The molecule has 1 unspecified atom stereocenters.